The molecule has 0 saturated carbocycles. The average molecular weight is 276 g/mol. The lowest BCUT2D eigenvalue weighted by atomic mass is 10.2. The predicted molar refractivity (Wildman–Crippen MR) is 74.8 cm³/mol. The predicted octanol–water partition coefficient (Wildman–Crippen LogP) is 2.93. The molecule has 0 N–H and O–H groups in total. The van der Waals surface area contributed by atoms with Gasteiger partial charge < -0.3 is 0 Å². The summed E-state index contributed by atoms with van der Waals surface area (Å²) in [5.41, 5.74) is 1.33. The molecule has 0 saturated heterocycles. The first-order valence-electron chi connectivity index (χ1n) is 5.62. The number of hydrogen-bond acceptors (Lipinski definition) is 5. The van der Waals surface area contributed by atoms with Gasteiger partial charge in [0.05, 0.1) is 5.75 Å². The zero-order valence-corrected chi connectivity index (χ0v) is 11.5. The van der Waals surface area contributed by atoms with Gasteiger partial charge in [0.25, 0.3) is 0 Å². The van der Waals surface area contributed by atoms with E-state index in [1.807, 2.05) is 29.3 Å². The molecule has 3 aromatic rings. The van der Waals surface area contributed by atoms with Crippen molar-refractivity contribution < 1.29 is 0 Å². The molecule has 0 aliphatic rings. The van der Waals surface area contributed by atoms with Crippen LogP contribution in [-0.2, 0) is 11.5 Å². The molecule has 4 nitrogen and oxygen atoms in total. The van der Waals surface area contributed by atoms with E-state index >= 15 is 0 Å². The fraction of sp³-hybridized carbons (Fsp3) is 0.250. The van der Waals surface area contributed by atoms with E-state index in [0.29, 0.717) is 0 Å². The average Bonchev–Trinajstić information content (AvgIpc) is 2.91. The number of fused-ring (bicyclic) bond motifs is 1. The second-order valence-electron chi connectivity index (χ2n) is 3.91. The highest BCUT2D eigenvalue weighted by Gasteiger charge is 2.09. The lowest BCUT2D eigenvalue weighted by Gasteiger charge is -1.99. The molecule has 3 rings (SSSR count). The van der Waals surface area contributed by atoms with Crippen molar-refractivity contribution in [3.8, 4) is 0 Å². The van der Waals surface area contributed by atoms with Crippen LogP contribution < -0.4 is 0 Å². The van der Waals surface area contributed by atoms with E-state index in [1.54, 1.807) is 11.3 Å². The molecule has 0 bridgehead atoms. The molecular weight excluding hydrogens is 264 g/mol. The molecule has 0 aliphatic carbocycles. The standard InChI is InChI=1S/C12H12N4S2/c1-9-15-16-11(13-14-12(16)18-9)8-17-7-10-5-3-2-4-6-10/h2-6H,7-8H2,1H3. The Morgan fingerprint density at radius 3 is 2.83 bits per heavy atom. The highest BCUT2D eigenvalue weighted by Crippen LogP contribution is 2.19. The second kappa shape index (κ2) is 5.07. The Hall–Kier alpha value is -1.40. The smallest absolute Gasteiger partial charge is 0.186 e. The van der Waals surface area contributed by atoms with Crippen molar-refractivity contribution in [2.75, 3.05) is 0 Å². The largest absolute Gasteiger partial charge is 0.234 e. The van der Waals surface area contributed by atoms with Gasteiger partial charge in [-0.15, -0.1) is 22.0 Å². The third-order valence-electron chi connectivity index (χ3n) is 2.50. The Balaban J connectivity index is 1.66. The van der Waals surface area contributed by atoms with E-state index in [2.05, 4.69) is 39.6 Å². The number of aryl methyl sites for hydroxylation is 1. The maximum atomic E-state index is 4.40. The van der Waals surface area contributed by atoms with Crippen LogP contribution in [0.25, 0.3) is 4.96 Å². The fourth-order valence-corrected chi connectivity index (χ4v) is 3.27. The monoisotopic (exact) mass is 276 g/mol. The SMILES string of the molecule is Cc1nn2c(CSCc3ccccc3)nnc2s1. The van der Waals surface area contributed by atoms with Crippen LogP contribution in [0.4, 0.5) is 0 Å². The van der Waals surface area contributed by atoms with Crippen LogP contribution in [0.15, 0.2) is 30.3 Å². The van der Waals surface area contributed by atoms with Crippen LogP contribution in [0, 0.1) is 6.92 Å². The summed E-state index contributed by atoms with van der Waals surface area (Å²) in [4.78, 5) is 0.878. The number of benzene rings is 1. The Kier molecular flexibility index (Phi) is 3.29. The molecule has 18 heavy (non-hydrogen) atoms. The van der Waals surface area contributed by atoms with Crippen LogP contribution in [0.3, 0.4) is 0 Å². The lowest BCUT2D eigenvalue weighted by Crippen LogP contribution is -1.94. The number of nitrogens with zero attached hydrogens (tertiary/aromatic N) is 4. The topological polar surface area (TPSA) is 43.1 Å². The molecule has 0 radical (unpaired) electrons. The van der Waals surface area contributed by atoms with Crippen molar-refractivity contribution in [3.05, 3.63) is 46.7 Å². The molecule has 2 aromatic heterocycles. The number of hydrogen-bond donors (Lipinski definition) is 0. The Morgan fingerprint density at radius 2 is 2.00 bits per heavy atom. The molecule has 92 valence electrons. The number of thioether (sulfide) groups is 1. The summed E-state index contributed by atoms with van der Waals surface area (Å²) in [5.74, 6) is 2.74. The third-order valence-corrected chi connectivity index (χ3v) is 4.31. The highest BCUT2D eigenvalue weighted by molar-refractivity contribution is 7.97. The summed E-state index contributed by atoms with van der Waals surface area (Å²) in [6, 6.07) is 10.4. The summed E-state index contributed by atoms with van der Waals surface area (Å²) >= 11 is 3.40. The molecule has 2 heterocycles. The van der Waals surface area contributed by atoms with Gasteiger partial charge in [-0.1, -0.05) is 41.7 Å². The van der Waals surface area contributed by atoms with Crippen LogP contribution in [-0.4, -0.2) is 19.8 Å². The van der Waals surface area contributed by atoms with Gasteiger partial charge in [-0.25, -0.2) is 0 Å². The van der Waals surface area contributed by atoms with Gasteiger partial charge in [-0.05, 0) is 12.5 Å². The van der Waals surface area contributed by atoms with Gasteiger partial charge in [0.15, 0.2) is 5.82 Å². The molecule has 0 unspecified atom stereocenters. The minimum Gasteiger partial charge on any atom is -0.186 e. The molecule has 6 heteroatoms. The number of rotatable bonds is 4. The highest BCUT2D eigenvalue weighted by atomic mass is 32.2. The first-order valence-corrected chi connectivity index (χ1v) is 7.59. The first kappa shape index (κ1) is 11.7. The maximum absolute atomic E-state index is 4.40. The molecule has 0 amide bonds. The van der Waals surface area contributed by atoms with E-state index in [-0.39, 0.29) is 0 Å². The van der Waals surface area contributed by atoms with E-state index < -0.39 is 0 Å². The van der Waals surface area contributed by atoms with E-state index in [0.717, 1.165) is 27.3 Å². The van der Waals surface area contributed by atoms with Crippen molar-refractivity contribution >= 4 is 28.1 Å². The Morgan fingerprint density at radius 1 is 1.17 bits per heavy atom. The molecule has 0 spiro atoms. The molecule has 0 fully saturated rings. The van der Waals surface area contributed by atoms with Crippen LogP contribution in [0.1, 0.15) is 16.4 Å². The second-order valence-corrected chi connectivity index (χ2v) is 6.06. The molecule has 0 atom stereocenters. The molecule has 1 aromatic carbocycles. The van der Waals surface area contributed by atoms with Crippen molar-refractivity contribution in [3.63, 3.8) is 0 Å². The van der Waals surface area contributed by atoms with Gasteiger partial charge in [0.1, 0.15) is 5.01 Å². The van der Waals surface area contributed by atoms with Crippen molar-refractivity contribution in [2.45, 2.75) is 18.4 Å². The summed E-state index contributed by atoms with van der Waals surface area (Å²) in [7, 11) is 0. The minimum absolute atomic E-state index is 0.833. The lowest BCUT2D eigenvalue weighted by molar-refractivity contribution is 0.868. The van der Waals surface area contributed by atoms with Crippen LogP contribution >= 0.6 is 23.1 Å². The van der Waals surface area contributed by atoms with Gasteiger partial charge in [0, 0.05) is 5.75 Å². The van der Waals surface area contributed by atoms with E-state index in [4.69, 9.17) is 0 Å². The Bertz CT molecular complexity index is 644. The third kappa shape index (κ3) is 2.39. The molecule has 0 aliphatic heterocycles. The van der Waals surface area contributed by atoms with Crippen LogP contribution in [0.5, 0.6) is 0 Å². The minimum atomic E-state index is 0.833. The maximum Gasteiger partial charge on any atom is 0.234 e. The van der Waals surface area contributed by atoms with E-state index in [1.165, 1.54) is 5.56 Å². The summed E-state index contributed by atoms with van der Waals surface area (Å²) in [6.45, 7) is 1.99. The first-order chi connectivity index (χ1) is 8.83. The zero-order chi connectivity index (χ0) is 12.4. The zero-order valence-electron chi connectivity index (χ0n) is 9.91. The van der Waals surface area contributed by atoms with E-state index in [9.17, 15) is 0 Å². The van der Waals surface area contributed by atoms with Gasteiger partial charge in [0.2, 0.25) is 4.96 Å². The normalized spacial score (nSPS) is 11.2. The Labute approximate surface area is 113 Å². The quantitative estimate of drug-likeness (QED) is 0.735. The van der Waals surface area contributed by atoms with Crippen LogP contribution in [0.2, 0.25) is 0 Å². The van der Waals surface area contributed by atoms with Crippen molar-refractivity contribution in [1.29, 1.82) is 0 Å². The number of aromatic nitrogens is 4. The van der Waals surface area contributed by atoms with Crippen molar-refractivity contribution in [1.82, 2.24) is 19.8 Å². The summed E-state index contributed by atoms with van der Waals surface area (Å²) < 4.78 is 1.85. The summed E-state index contributed by atoms with van der Waals surface area (Å²) in [5, 5.41) is 13.7. The fourth-order valence-electron chi connectivity index (χ4n) is 1.68. The van der Waals surface area contributed by atoms with Crippen molar-refractivity contribution in [2.24, 2.45) is 0 Å². The van der Waals surface area contributed by atoms with Gasteiger partial charge in [-0.3, -0.25) is 0 Å². The van der Waals surface area contributed by atoms with Gasteiger partial charge >= 0.3 is 0 Å². The summed E-state index contributed by atoms with van der Waals surface area (Å²) in [6.07, 6.45) is 0. The van der Waals surface area contributed by atoms with Gasteiger partial charge in [-0.2, -0.15) is 9.61 Å². The molecular formula is C12H12N4S2.